The molecule has 7 nitrogen and oxygen atoms in total. The molecule has 1 aromatic heterocycles. The van der Waals surface area contributed by atoms with Gasteiger partial charge in [0.25, 0.3) is 0 Å². The van der Waals surface area contributed by atoms with Crippen LogP contribution in [-0.4, -0.2) is 78.0 Å². The Balaban J connectivity index is 1.64. The molecule has 1 aromatic carbocycles. The zero-order valence-corrected chi connectivity index (χ0v) is 18.8. The summed E-state index contributed by atoms with van der Waals surface area (Å²) in [5, 5.41) is 7.93. The summed E-state index contributed by atoms with van der Waals surface area (Å²) in [5.74, 6) is 0.942. The summed E-state index contributed by atoms with van der Waals surface area (Å²) in [6, 6.07) is 11.2. The maximum absolute atomic E-state index is 5.99. The molecule has 2 aromatic rings. The lowest BCUT2D eigenvalue weighted by Crippen LogP contribution is -2.52. The van der Waals surface area contributed by atoms with Crippen LogP contribution < -0.4 is 5.32 Å². The topological polar surface area (TPSA) is 57.9 Å². The number of nitrogens with one attached hydrogen (secondary N) is 1. The number of aliphatic imine (C=N–C) groups is 1. The molecule has 2 heterocycles. The van der Waals surface area contributed by atoms with Crippen molar-refractivity contribution in [3.8, 4) is 0 Å². The van der Waals surface area contributed by atoms with Gasteiger partial charge in [-0.2, -0.15) is 5.10 Å². The second-order valence-electron chi connectivity index (χ2n) is 7.75. The van der Waals surface area contributed by atoms with E-state index in [9.17, 15) is 0 Å². The summed E-state index contributed by atoms with van der Waals surface area (Å²) >= 11 is 0. The van der Waals surface area contributed by atoms with Gasteiger partial charge in [0.1, 0.15) is 6.10 Å². The minimum atomic E-state index is 0.0221. The molecule has 1 N–H and O–H groups in total. The molecular formula is C23H36N6O. The van der Waals surface area contributed by atoms with Crippen LogP contribution in [0.25, 0.3) is 0 Å². The first-order chi connectivity index (χ1) is 14.6. The van der Waals surface area contributed by atoms with Crippen LogP contribution in [0.15, 0.2) is 47.7 Å². The average Bonchev–Trinajstić information content (AvgIpc) is 3.22. The number of morpholine rings is 1. The predicted octanol–water partition coefficient (Wildman–Crippen LogP) is 2.32. The smallest absolute Gasteiger partial charge is 0.193 e. The van der Waals surface area contributed by atoms with Gasteiger partial charge in [-0.15, -0.1) is 0 Å². The Kier molecular flexibility index (Phi) is 8.28. The molecule has 0 bridgehead atoms. The van der Waals surface area contributed by atoms with Crippen molar-refractivity contribution in [3.05, 3.63) is 53.9 Å². The number of guanidine groups is 1. The van der Waals surface area contributed by atoms with Gasteiger partial charge in [0.05, 0.1) is 19.3 Å². The van der Waals surface area contributed by atoms with Crippen LogP contribution in [0.5, 0.6) is 0 Å². The van der Waals surface area contributed by atoms with Gasteiger partial charge in [0, 0.05) is 45.0 Å². The number of nitrogens with zero attached hydrogens (tertiary/aromatic N) is 5. The van der Waals surface area contributed by atoms with Crippen LogP contribution in [0.4, 0.5) is 0 Å². The molecule has 0 aliphatic carbocycles. The second-order valence-corrected chi connectivity index (χ2v) is 7.75. The van der Waals surface area contributed by atoms with Gasteiger partial charge in [0.15, 0.2) is 5.96 Å². The first-order valence-electron chi connectivity index (χ1n) is 11.0. The average molecular weight is 413 g/mol. The number of benzene rings is 1. The van der Waals surface area contributed by atoms with E-state index in [4.69, 9.17) is 4.74 Å². The lowest BCUT2D eigenvalue weighted by Gasteiger charge is -2.36. The molecule has 30 heavy (non-hydrogen) atoms. The fourth-order valence-corrected chi connectivity index (χ4v) is 4.15. The number of rotatable bonds is 8. The highest BCUT2D eigenvalue weighted by Gasteiger charge is 2.26. The molecule has 164 valence electrons. The summed E-state index contributed by atoms with van der Waals surface area (Å²) in [7, 11) is 3.80. The van der Waals surface area contributed by atoms with Crippen molar-refractivity contribution >= 4 is 5.96 Å². The molecule has 1 fully saturated rings. The van der Waals surface area contributed by atoms with Crippen molar-refractivity contribution < 1.29 is 4.74 Å². The van der Waals surface area contributed by atoms with Crippen molar-refractivity contribution in [1.29, 1.82) is 0 Å². The van der Waals surface area contributed by atoms with Crippen molar-refractivity contribution in [1.82, 2.24) is 24.9 Å². The zero-order valence-electron chi connectivity index (χ0n) is 18.8. The summed E-state index contributed by atoms with van der Waals surface area (Å²) < 4.78 is 7.82. The molecular weight excluding hydrogens is 376 g/mol. The number of ether oxygens (including phenoxy) is 1. The molecule has 1 aliphatic heterocycles. The van der Waals surface area contributed by atoms with Crippen LogP contribution in [-0.2, 0) is 18.2 Å². The molecule has 3 rings (SSSR count). The molecule has 2 unspecified atom stereocenters. The summed E-state index contributed by atoms with van der Waals surface area (Å²) in [6.45, 7) is 9.70. The van der Waals surface area contributed by atoms with E-state index in [0.717, 1.165) is 50.7 Å². The fourth-order valence-electron chi connectivity index (χ4n) is 4.15. The third-order valence-corrected chi connectivity index (χ3v) is 5.81. The Hall–Kier alpha value is -2.38. The maximum atomic E-state index is 5.99. The van der Waals surface area contributed by atoms with Gasteiger partial charge in [-0.3, -0.25) is 14.6 Å². The SMILES string of the molecule is CCN(CC)C(CNC(=NC)N1CCOC(c2cnn(C)c2)C1)Cc1ccccc1. The first-order valence-corrected chi connectivity index (χ1v) is 11.0. The number of likely N-dealkylation sites (N-methyl/N-ethyl adjacent to an activating group) is 1. The van der Waals surface area contributed by atoms with E-state index in [2.05, 4.69) is 69.4 Å². The van der Waals surface area contributed by atoms with Crippen molar-refractivity contribution in [2.45, 2.75) is 32.4 Å². The molecule has 0 saturated carbocycles. The van der Waals surface area contributed by atoms with Crippen molar-refractivity contribution in [2.75, 3.05) is 46.4 Å². The summed E-state index contributed by atoms with van der Waals surface area (Å²) in [5.41, 5.74) is 2.48. The van der Waals surface area contributed by atoms with Crippen LogP contribution in [0, 0.1) is 0 Å². The molecule has 1 saturated heterocycles. The Morgan fingerprint density at radius 3 is 2.70 bits per heavy atom. The van der Waals surface area contributed by atoms with Gasteiger partial charge >= 0.3 is 0 Å². The van der Waals surface area contributed by atoms with E-state index >= 15 is 0 Å². The molecule has 7 heteroatoms. The maximum Gasteiger partial charge on any atom is 0.193 e. The Bertz CT molecular complexity index is 786. The van der Waals surface area contributed by atoms with Crippen LogP contribution in [0.1, 0.15) is 31.1 Å². The minimum absolute atomic E-state index is 0.0221. The van der Waals surface area contributed by atoms with Crippen LogP contribution in [0.3, 0.4) is 0 Å². The third kappa shape index (κ3) is 5.83. The first kappa shape index (κ1) is 22.3. The van der Waals surface area contributed by atoms with Crippen LogP contribution in [0.2, 0.25) is 0 Å². The summed E-state index contributed by atoms with van der Waals surface area (Å²) in [6.07, 6.45) is 4.96. The number of hydrogen-bond acceptors (Lipinski definition) is 4. The highest BCUT2D eigenvalue weighted by molar-refractivity contribution is 5.80. The molecule has 0 radical (unpaired) electrons. The van der Waals surface area contributed by atoms with E-state index < -0.39 is 0 Å². The van der Waals surface area contributed by atoms with Crippen molar-refractivity contribution in [2.24, 2.45) is 12.0 Å². The van der Waals surface area contributed by atoms with E-state index in [-0.39, 0.29) is 6.10 Å². The normalized spacial score (nSPS) is 18.6. The van der Waals surface area contributed by atoms with Gasteiger partial charge < -0.3 is 15.0 Å². The largest absolute Gasteiger partial charge is 0.370 e. The third-order valence-electron chi connectivity index (χ3n) is 5.81. The van der Waals surface area contributed by atoms with Crippen molar-refractivity contribution in [3.63, 3.8) is 0 Å². The number of hydrogen-bond donors (Lipinski definition) is 1. The van der Waals surface area contributed by atoms with Gasteiger partial charge in [0.2, 0.25) is 0 Å². The van der Waals surface area contributed by atoms with E-state index in [1.54, 1.807) is 0 Å². The van der Waals surface area contributed by atoms with E-state index in [0.29, 0.717) is 12.6 Å². The monoisotopic (exact) mass is 412 g/mol. The fraction of sp³-hybridized carbons (Fsp3) is 0.565. The minimum Gasteiger partial charge on any atom is -0.370 e. The zero-order chi connectivity index (χ0) is 21.3. The molecule has 0 spiro atoms. The lowest BCUT2D eigenvalue weighted by atomic mass is 10.0. The van der Waals surface area contributed by atoms with E-state index in [1.165, 1.54) is 5.56 Å². The Morgan fingerprint density at radius 1 is 1.30 bits per heavy atom. The summed E-state index contributed by atoms with van der Waals surface area (Å²) in [4.78, 5) is 9.39. The lowest BCUT2D eigenvalue weighted by molar-refractivity contribution is -0.00813. The standard InChI is InChI=1S/C23H36N6O/c1-5-28(6-2)21(14-19-10-8-7-9-11-19)16-25-23(24-3)29-12-13-30-22(18-29)20-15-26-27(4)17-20/h7-11,15,17,21-22H,5-6,12-14,16,18H2,1-4H3,(H,24,25). The molecule has 0 amide bonds. The number of aromatic nitrogens is 2. The van der Waals surface area contributed by atoms with E-state index in [1.807, 2.05) is 31.2 Å². The Morgan fingerprint density at radius 2 is 2.07 bits per heavy atom. The van der Waals surface area contributed by atoms with Gasteiger partial charge in [-0.25, -0.2) is 0 Å². The predicted molar refractivity (Wildman–Crippen MR) is 122 cm³/mol. The molecule has 1 aliphatic rings. The van der Waals surface area contributed by atoms with Gasteiger partial charge in [-0.05, 0) is 25.1 Å². The quantitative estimate of drug-likeness (QED) is 0.533. The van der Waals surface area contributed by atoms with Gasteiger partial charge in [-0.1, -0.05) is 44.2 Å². The highest BCUT2D eigenvalue weighted by atomic mass is 16.5. The number of aryl methyl sites for hydroxylation is 1. The molecule has 2 atom stereocenters. The van der Waals surface area contributed by atoms with Crippen LogP contribution >= 0.6 is 0 Å². The second kappa shape index (κ2) is 11.1. The highest BCUT2D eigenvalue weighted by Crippen LogP contribution is 2.21. The Labute approximate surface area is 180 Å².